The van der Waals surface area contributed by atoms with Crippen molar-refractivity contribution in [1.29, 1.82) is 0 Å². The largest absolute Gasteiger partial charge is 0.365 e. The van der Waals surface area contributed by atoms with Crippen LogP contribution in [0.15, 0.2) is 23.0 Å². The SMILES string of the molecule is NC(=O)c1c(Nc2ccc(F)c(C(=O)N3CCCCC3)c2)nc(N[C@H]2CCCC[C@@H]2N)[nH]c1=O. The molecule has 1 aliphatic heterocycles. The Morgan fingerprint density at radius 1 is 1.12 bits per heavy atom. The number of hydrogen-bond acceptors (Lipinski definition) is 7. The molecule has 0 radical (unpaired) electrons. The molecule has 4 rings (SSSR count). The van der Waals surface area contributed by atoms with E-state index in [-0.39, 0.29) is 35.0 Å². The molecular weight excluding hydrogens is 441 g/mol. The van der Waals surface area contributed by atoms with E-state index >= 15 is 0 Å². The van der Waals surface area contributed by atoms with Gasteiger partial charge in [-0.3, -0.25) is 19.4 Å². The van der Waals surface area contributed by atoms with Crippen LogP contribution in [0.3, 0.4) is 0 Å². The lowest BCUT2D eigenvalue weighted by Gasteiger charge is -2.29. The van der Waals surface area contributed by atoms with Crippen molar-refractivity contribution < 1.29 is 14.0 Å². The fourth-order valence-electron chi connectivity index (χ4n) is 4.55. The van der Waals surface area contributed by atoms with Gasteiger partial charge in [0.25, 0.3) is 17.4 Å². The lowest BCUT2D eigenvalue weighted by atomic mass is 9.91. The van der Waals surface area contributed by atoms with Gasteiger partial charge in [-0.05, 0) is 50.3 Å². The van der Waals surface area contributed by atoms with Crippen LogP contribution < -0.4 is 27.7 Å². The number of likely N-dealkylation sites (tertiary alicyclic amines) is 1. The summed E-state index contributed by atoms with van der Waals surface area (Å²) >= 11 is 0. The number of benzene rings is 1. The van der Waals surface area contributed by atoms with Crippen LogP contribution in [0.1, 0.15) is 65.7 Å². The number of carbonyl (C=O) groups excluding carboxylic acids is 2. The van der Waals surface area contributed by atoms with E-state index in [0.717, 1.165) is 51.0 Å². The average molecular weight is 472 g/mol. The number of amides is 2. The number of nitrogens with zero attached hydrogens (tertiary/aromatic N) is 2. The lowest BCUT2D eigenvalue weighted by molar-refractivity contribution is 0.0719. The number of nitrogens with one attached hydrogen (secondary N) is 3. The summed E-state index contributed by atoms with van der Waals surface area (Å²) in [4.78, 5) is 46.0. The van der Waals surface area contributed by atoms with Crippen LogP contribution in [-0.4, -0.2) is 51.9 Å². The zero-order valence-electron chi connectivity index (χ0n) is 18.9. The number of hydrogen-bond donors (Lipinski definition) is 5. The van der Waals surface area contributed by atoms with Crippen molar-refractivity contribution in [3.05, 3.63) is 45.5 Å². The van der Waals surface area contributed by atoms with Crippen molar-refractivity contribution in [3.63, 3.8) is 0 Å². The second-order valence-corrected chi connectivity index (χ2v) is 8.87. The number of piperidine rings is 1. The average Bonchev–Trinajstić information content (AvgIpc) is 2.81. The molecule has 2 atom stereocenters. The topological polar surface area (TPSA) is 159 Å². The van der Waals surface area contributed by atoms with Gasteiger partial charge in [0.15, 0.2) is 5.82 Å². The molecule has 2 aromatic rings. The van der Waals surface area contributed by atoms with E-state index in [1.54, 1.807) is 4.90 Å². The molecule has 1 aromatic heterocycles. The summed E-state index contributed by atoms with van der Waals surface area (Å²) in [6, 6.07) is 3.75. The standard InChI is InChI=1S/C23H30FN7O3/c24-15-9-8-13(12-14(15)22(34)31-10-4-1-5-11-31)27-20-18(19(26)32)21(33)30-23(29-20)28-17-7-3-2-6-16(17)25/h8-9,12,16-17H,1-7,10-11,25H2,(H2,26,32)(H3,27,28,29,30,33)/t16-,17-/m0/s1. The fourth-order valence-corrected chi connectivity index (χ4v) is 4.55. The Hall–Kier alpha value is -3.47. The number of halogens is 1. The molecular formula is C23H30FN7O3. The van der Waals surface area contributed by atoms with Gasteiger partial charge >= 0.3 is 0 Å². The molecule has 10 nitrogen and oxygen atoms in total. The third-order valence-electron chi connectivity index (χ3n) is 6.41. The number of aromatic nitrogens is 2. The number of carbonyl (C=O) groups is 2. The third-order valence-corrected chi connectivity index (χ3v) is 6.41. The molecule has 1 saturated carbocycles. The Morgan fingerprint density at radius 3 is 2.56 bits per heavy atom. The maximum atomic E-state index is 14.5. The van der Waals surface area contributed by atoms with Crippen molar-refractivity contribution in [2.45, 2.75) is 57.0 Å². The molecule has 2 heterocycles. The molecule has 1 aromatic carbocycles. The zero-order valence-corrected chi connectivity index (χ0v) is 18.9. The van der Waals surface area contributed by atoms with Crippen LogP contribution in [0, 0.1) is 5.82 Å². The highest BCUT2D eigenvalue weighted by Gasteiger charge is 2.25. The molecule has 7 N–H and O–H groups in total. The van der Waals surface area contributed by atoms with E-state index in [1.165, 1.54) is 12.1 Å². The summed E-state index contributed by atoms with van der Waals surface area (Å²) in [6.45, 7) is 1.16. The van der Waals surface area contributed by atoms with Gasteiger partial charge in [0.05, 0.1) is 5.56 Å². The zero-order chi connectivity index (χ0) is 24.2. The first-order valence-corrected chi connectivity index (χ1v) is 11.7. The summed E-state index contributed by atoms with van der Waals surface area (Å²) in [5, 5.41) is 6.01. The minimum atomic E-state index is -0.969. The Morgan fingerprint density at radius 2 is 1.85 bits per heavy atom. The number of primary amides is 1. The maximum absolute atomic E-state index is 14.5. The van der Waals surface area contributed by atoms with Gasteiger partial charge in [-0.2, -0.15) is 4.98 Å². The summed E-state index contributed by atoms with van der Waals surface area (Å²) in [7, 11) is 0. The Bertz CT molecular complexity index is 1130. The van der Waals surface area contributed by atoms with Crippen molar-refractivity contribution in [2.24, 2.45) is 11.5 Å². The van der Waals surface area contributed by atoms with Gasteiger partial charge in [0.2, 0.25) is 5.95 Å². The van der Waals surface area contributed by atoms with Gasteiger partial charge in [-0.15, -0.1) is 0 Å². The Balaban J connectivity index is 1.63. The molecule has 11 heteroatoms. The molecule has 1 aliphatic carbocycles. The first-order chi connectivity index (χ1) is 16.3. The van der Waals surface area contributed by atoms with E-state index < -0.39 is 23.2 Å². The van der Waals surface area contributed by atoms with E-state index in [1.807, 2.05) is 0 Å². The Labute approximate surface area is 196 Å². The highest BCUT2D eigenvalue weighted by Crippen LogP contribution is 2.24. The van der Waals surface area contributed by atoms with Crippen molar-refractivity contribution in [2.75, 3.05) is 23.7 Å². The van der Waals surface area contributed by atoms with Crippen LogP contribution in [0.25, 0.3) is 0 Å². The van der Waals surface area contributed by atoms with Gasteiger partial charge < -0.3 is 27.0 Å². The van der Waals surface area contributed by atoms with Crippen molar-refractivity contribution >= 4 is 29.3 Å². The minimum absolute atomic E-state index is 0.0798. The van der Waals surface area contributed by atoms with Crippen molar-refractivity contribution in [1.82, 2.24) is 14.9 Å². The third kappa shape index (κ3) is 5.19. The monoisotopic (exact) mass is 471 g/mol. The number of anilines is 3. The number of aromatic amines is 1. The van der Waals surface area contributed by atoms with Gasteiger partial charge in [-0.25, -0.2) is 4.39 Å². The Kier molecular flexibility index (Phi) is 7.11. The van der Waals surface area contributed by atoms with Gasteiger partial charge in [0, 0.05) is 30.9 Å². The predicted octanol–water partition coefficient (Wildman–Crippen LogP) is 2.06. The molecule has 0 unspecified atom stereocenters. The number of rotatable bonds is 6. The first kappa shape index (κ1) is 23.7. The second kappa shape index (κ2) is 10.2. The molecule has 2 aliphatic rings. The van der Waals surface area contributed by atoms with E-state index in [0.29, 0.717) is 18.8 Å². The molecule has 2 amide bonds. The predicted molar refractivity (Wildman–Crippen MR) is 127 cm³/mol. The molecule has 2 fully saturated rings. The summed E-state index contributed by atoms with van der Waals surface area (Å²) < 4.78 is 14.5. The van der Waals surface area contributed by atoms with Crippen LogP contribution in [0.2, 0.25) is 0 Å². The van der Waals surface area contributed by atoms with Gasteiger partial charge in [-0.1, -0.05) is 12.8 Å². The molecule has 34 heavy (non-hydrogen) atoms. The summed E-state index contributed by atoms with van der Waals surface area (Å²) in [5.74, 6) is -1.96. The maximum Gasteiger partial charge on any atom is 0.267 e. The molecule has 0 spiro atoms. The quantitative estimate of drug-likeness (QED) is 0.431. The highest BCUT2D eigenvalue weighted by molar-refractivity contribution is 5.99. The highest BCUT2D eigenvalue weighted by atomic mass is 19.1. The van der Waals surface area contributed by atoms with Gasteiger partial charge in [0.1, 0.15) is 11.4 Å². The van der Waals surface area contributed by atoms with Crippen LogP contribution >= 0.6 is 0 Å². The van der Waals surface area contributed by atoms with Crippen LogP contribution in [-0.2, 0) is 0 Å². The molecule has 182 valence electrons. The van der Waals surface area contributed by atoms with Crippen LogP contribution in [0.5, 0.6) is 0 Å². The number of H-pyrrole nitrogens is 1. The fraction of sp³-hybridized carbons (Fsp3) is 0.478. The number of nitrogens with two attached hydrogens (primary N) is 2. The second-order valence-electron chi connectivity index (χ2n) is 8.87. The molecule has 1 saturated heterocycles. The normalized spacial score (nSPS) is 20.6. The summed E-state index contributed by atoms with van der Waals surface area (Å²) in [6.07, 6.45) is 6.53. The van der Waals surface area contributed by atoms with E-state index in [4.69, 9.17) is 11.5 Å². The first-order valence-electron chi connectivity index (χ1n) is 11.7. The minimum Gasteiger partial charge on any atom is -0.365 e. The molecule has 0 bridgehead atoms. The van der Waals surface area contributed by atoms with Crippen LogP contribution in [0.4, 0.5) is 21.8 Å². The van der Waals surface area contributed by atoms with E-state index in [9.17, 15) is 18.8 Å². The lowest BCUT2D eigenvalue weighted by Crippen LogP contribution is -2.43. The van der Waals surface area contributed by atoms with E-state index in [2.05, 4.69) is 20.6 Å². The smallest absolute Gasteiger partial charge is 0.267 e. The summed E-state index contributed by atoms with van der Waals surface area (Å²) in [5.41, 5.74) is 10.7. The van der Waals surface area contributed by atoms with Crippen molar-refractivity contribution in [3.8, 4) is 0 Å².